The standard InChI is InChI=1S/C17H24N4OS/c1-2-4-11-6-8-20-17-13(11)14(15(23-17)16(19)22)21-9-3-5-12(18)7-10-21/h6,8,12H,2-5,7,9-10,18H2,1H3,(H2,19,22). The summed E-state index contributed by atoms with van der Waals surface area (Å²) < 4.78 is 0. The number of aromatic nitrogens is 1. The number of aryl methyl sites for hydroxylation is 1. The van der Waals surface area contributed by atoms with Gasteiger partial charge in [-0.3, -0.25) is 4.79 Å². The molecule has 1 unspecified atom stereocenters. The van der Waals surface area contributed by atoms with Crippen molar-refractivity contribution in [3.63, 3.8) is 0 Å². The lowest BCUT2D eigenvalue weighted by Crippen LogP contribution is -2.28. The third-order valence-electron chi connectivity index (χ3n) is 4.49. The molecule has 0 saturated carbocycles. The maximum Gasteiger partial charge on any atom is 0.261 e. The van der Waals surface area contributed by atoms with Crippen molar-refractivity contribution in [2.75, 3.05) is 18.0 Å². The molecule has 0 aliphatic carbocycles. The van der Waals surface area contributed by atoms with Crippen LogP contribution in [0.1, 0.15) is 47.8 Å². The first-order valence-corrected chi connectivity index (χ1v) is 9.14. The normalized spacial score (nSPS) is 19.0. The van der Waals surface area contributed by atoms with Crippen molar-refractivity contribution < 1.29 is 4.79 Å². The highest BCUT2D eigenvalue weighted by Crippen LogP contribution is 2.40. The van der Waals surface area contributed by atoms with Gasteiger partial charge in [-0.05, 0) is 37.3 Å². The number of pyridine rings is 1. The van der Waals surface area contributed by atoms with E-state index < -0.39 is 0 Å². The number of amides is 1. The van der Waals surface area contributed by atoms with Crippen LogP contribution in [0, 0.1) is 0 Å². The number of hydrogen-bond acceptors (Lipinski definition) is 5. The number of carbonyl (C=O) groups excluding carboxylic acids is 1. The van der Waals surface area contributed by atoms with Gasteiger partial charge in [0.25, 0.3) is 5.91 Å². The molecule has 3 rings (SSSR count). The van der Waals surface area contributed by atoms with Crippen LogP contribution in [-0.2, 0) is 6.42 Å². The van der Waals surface area contributed by atoms with Crippen LogP contribution in [0.15, 0.2) is 12.3 Å². The molecule has 0 radical (unpaired) electrons. The molecule has 0 aromatic carbocycles. The monoisotopic (exact) mass is 332 g/mol. The van der Waals surface area contributed by atoms with Gasteiger partial charge in [0, 0.05) is 30.7 Å². The van der Waals surface area contributed by atoms with E-state index in [1.165, 1.54) is 16.9 Å². The van der Waals surface area contributed by atoms with Crippen molar-refractivity contribution in [3.8, 4) is 0 Å². The Morgan fingerprint density at radius 2 is 2.26 bits per heavy atom. The van der Waals surface area contributed by atoms with E-state index in [1.807, 2.05) is 6.20 Å². The van der Waals surface area contributed by atoms with Gasteiger partial charge in [-0.15, -0.1) is 11.3 Å². The highest BCUT2D eigenvalue weighted by Gasteiger charge is 2.25. The van der Waals surface area contributed by atoms with E-state index in [4.69, 9.17) is 11.5 Å². The number of nitrogens with zero attached hydrogens (tertiary/aromatic N) is 2. The third kappa shape index (κ3) is 3.19. The molecule has 4 N–H and O–H groups in total. The van der Waals surface area contributed by atoms with Crippen molar-refractivity contribution in [1.29, 1.82) is 0 Å². The Morgan fingerprint density at radius 3 is 3.00 bits per heavy atom. The van der Waals surface area contributed by atoms with Crippen LogP contribution in [-0.4, -0.2) is 30.0 Å². The maximum atomic E-state index is 12.0. The Morgan fingerprint density at radius 1 is 1.43 bits per heavy atom. The zero-order chi connectivity index (χ0) is 16.4. The predicted octanol–water partition coefficient (Wildman–Crippen LogP) is 2.67. The Balaban J connectivity index is 2.15. The van der Waals surface area contributed by atoms with Crippen LogP contribution in [0.4, 0.5) is 5.69 Å². The number of fused-ring (bicyclic) bond motifs is 1. The van der Waals surface area contributed by atoms with E-state index in [0.29, 0.717) is 4.88 Å². The molecule has 0 bridgehead atoms. The molecule has 6 heteroatoms. The molecular formula is C17H24N4OS. The second-order valence-corrected chi connectivity index (χ2v) is 7.22. The van der Waals surface area contributed by atoms with E-state index in [2.05, 4.69) is 22.9 Å². The van der Waals surface area contributed by atoms with Crippen molar-refractivity contribution >= 4 is 33.1 Å². The highest BCUT2D eigenvalue weighted by atomic mass is 32.1. The fourth-order valence-electron chi connectivity index (χ4n) is 3.36. The summed E-state index contributed by atoms with van der Waals surface area (Å²) in [5, 5.41) is 1.11. The van der Waals surface area contributed by atoms with Crippen molar-refractivity contribution in [2.24, 2.45) is 11.5 Å². The number of thiophene rings is 1. The molecule has 2 aromatic rings. The molecule has 1 aliphatic rings. The fourth-order valence-corrected chi connectivity index (χ4v) is 4.43. The van der Waals surface area contributed by atoms with Gasteiger partial charge in [0.15, 0.2) is 0 Å². The van der Waals surface area contributed by atoms with Gasteiger partial charge in [0.1, 0.15) is 9.71 Å². The Labute approximate surface area is 140 Å². The zero-order valence-corrected chi connectivity index (χ0v) is 14.4. The van der Waals surface area contributed by atoms with Crippen LogP contribution in [0.25, 0.3) is 10.2 Å². The lowest BCUT2D eigenvalue weighted by atomic mass is 10.1. The molecule has 3 heterocycles. The summed E-state index contributed by atoms with van der Waals surface area (Å²) in [7, 11) is 0. The zero-order valence-electron chi connectivity index (χ0n) is 13.5. The summed E-state index contributed by atoms with van der Waals surface area (Å²) in [6.45, 7) is 3.95. The lowest BCUT2D eigenvalue weighted by Gasteiger charge is -2.24. The summed E-state index contributed by atoms with van der Waals surface area (Å²) in [5.74, 6) is -0.362. The summed E-state index contributed by atoms with van der Waals surface area (Å²) in [5.41, 5.74) is 14.0. The average Bonchev–Trinajstić information content (AvgIpc) is 2.79. The molecule has 0 spiro atoms. The minimum Gasteiger partial charge on any atom is -0.370 e. The molecule has 124 valence electrons. The van der Waals surface area contributed by atoms with Crippen LogP contribution in [0.3, 0.4) is 0 Å². The molecule has 5 nitrogen and oxygen atoms in total. The third-order valence-corrected chi connectivity index (χ3v) is 5.59. The Bertz CT molecular complexity index is 712. The summed E-state index contributed by atoms with van der Waals surface area (Å²) in [4.78, 5) is 20.3. The minimum atomic E-state index is -0.362. The number of carbonyl (C=O) groups is 1. The van der Waals surface area contributed by atoms with Gasteiger partial charge in [0.2, 0.25) is 0 Å². The first kappa shape index (κ1) is 16.2. The smallest absolute Gasteiger partial charge is 0.261 e. The number of rotatable bonds is 4. The van der Waals surface area contributed by atoms with Gasteiger partial charge < -0.3 is 16.4 Å². The second-order valence-electron chi connectivity index (χ2n) is 6.22. The van der Waals surface area contributed by atoms with Gasteiger partial charge in [0.05, 0.1) is 5.69 Å². The molecule has 1 fully saturated rings. The predicted molar refractivity (Wildman–Crippen MR) is 96.2 cm³/mol. The van der Waals surface area contributed by atoms with E-state index in [-0.39, 0.29) is 11.9 Å². The largest absolute Gasteiger partial charge is 0.370 e. The van der Waals surface area contributed by atoms with Crippen LogP contribution >= 0.6 is 11.3 Å². The first-order chi connectivity index (χ1) is 11.1. The van der Waals surface area contributed by atoms with E-state index in [1.54, 1.807) is 0 Å². The average molecular weight is 332 g/mol. The van der Waals surface area contributed by atoms with E-state index in [0.717, 1.165) is 61.1 Å². The number of primary amides is 1. The number of hydrogen-bond donors (Lipinski definition) is 2. The maximum absolute atomic E-state index is 12.0. The van der Waals surface area contributed by atoms with Gasteiger partial charge in [-0.25, -0.2) is 4.98 Å². The molecule has 23 heavy (non-hydrogen) atoms. The molecule has 2 aromatic heterocycles. The number of nitrogens with two attached hydrogens (primary N) is 2. The highest BCUT2D eigenvalue weighted by molar-refractivity contribution is 7.21. The topological polar surface area (TPSA) is 85.2 Å². The van der Waals surface area contributed by atoms with Crippen molar-refractivity contribution in [1.82, 2.24) is 4.98 Å². The lowest BCUT2D eigenvalue weighted by molar-refractivity contribution is 0.100. The van der Waals surface area contributed by atoms with Crippen LogP contribution in [0.2, 0.25) is 0 Å². The minimum absolute atomic E-state index is 0.246. The first-order valence-electron chi connectivity index (χ1n) is 8.32. The van der Waals surface area contributed by atoms with E-state index >= 15 is 0 Å². The second kappa shape index (κ2) is 6.84. The molecular weight excluding hydrogens is 308 g/mol. The Kier molecular flexibility index (Phi) is 4.82. The summed E-state index contributed by atoms with van der Waals surface area (Å²) >= 11 is 1.41. The summed E-state index contributed by atoms with van der Waals surface area (Å²) in [6.07, 6.45) is 6.89. The number of anilines is 1. The molecule has 1 saturated heterocycles. The van der Waals surface area contributed by atoms with Gasteiger partial charge in [-0.2, -0.15) is 0 Å². The van der Waals surface area contributed by atoms with Crippen LogP contribution in [0.5, 0.6) is 0 Å². The van der Waals surface area contributed by atoms with E-state index in [9.17, 15) is 4.79 Å². The molecule has 1 aliphatic heterocycles. The van der Waals surface area contributed by atoms with Crippen molar-refractivity contribution in [3.05, 3.63) is 22.7 Å². The van der Waals surface area contributed by atoms with Gasteiger partial charge >= 0.3 is 0 Å². The van der Waals surface area contributed by atoms with Crippen molar-refractivity contribution in [2.45, 2.75) is 45.1 Å². The quantitative estimate of drug-likeness (QED) is 0.901. The Hall–Kier alpha value is -1.66. The van der Waals surface area contributed by atoms with Crippen LogP contribution < -0.4 is 16.4 Å². The summed E-state index contributed by atoms with van der Waals surface area (Å²) in [6, 6.07) is 2.31. The fraction of sp³-hybridized carbons (Fsp3) is 0.529. The molecule has 1 atom stereocenters. The van der Waals surface area contributed by atoms with Gasteiger partial charge in [-0.1, -0.05) is 13.3 Å². The molecule has 1 amide bonds. The SMILES string of the molecule is CCCc1ccnc2sc(C(N)=O)c(N3CCCC(N)CC3)c12.